The predicted molar refractivity (Wildman–Crippen MR) is 122 cm³/mol. The fourth-order valence-corrected chi connectivity index (χ4v) is 5.02. The summed E-state index contributed by atoms with van der Waals surface area (Å²) in [5, 5.41) is 2.56. The number of carbonyl (C=O) groups is 1. The number of hydrogen-bond acceptors (Lipinski definition) is 5. The molecule has 0 saturated heterocycles. The molecule has 2 aromatic carbocycles. The highest BCUT2D eigenvalue weighted by Crippen LogP contribution is 2.33. The van der Waals surface area contributed by atoms with Crippen molar-refractivity contribution in [2.75, 3.05) is 0 Å². The minimum atomic E-state index is -0.460. The lowest BCUT2D eigenvalue weighted by Crippen LogP contribution is -2.25. The van der Waals surface area contributed by atoms with Gasteiger partial charge in [-0.15, -0.1) is 11.3 Å². The van der Waals surface area contributed by atoms with Gasteiger partial charge in [-0.3, -0.25) is 14.2 Å². The Morgan fingerprint density at radius 3 is 2.71 bits per heavy atom. The summed E-state index contributed by atoms with van der Waals surface area (Å²) in [6.07, 6.45) is 6.09. The topological polar surface area (TPSA) is 61.2 Å². The van der Waals surface area contributed by atoms with Crippen molar-refractivity contribution < 1.29 is 9.53 Å². The molecule has 2 aromatic heterocycles. The number of aryl methyl sites for hydroxylation is 2. The second kappa shape index (κ2) is 8.47. The highest BCUT2D eigenvalue weighted by molar-refractivity contribution is 7.17. The van der Waals surface area contributed by atoms with E-state index < -0.39 is 5.97 Å². The fraction of sp³-hybridized carbons (Fsp3) is 0.240. The number of hydrogen-bond donors (Lipinski definition) is 0. The zero-order chi connectivity index (χ0) is 21.2. The van der Waals surface area contributed by atoms with Crippen LogP contribution in [0.5, 0.6) is 0 Å². The van der Waals surface area contributed by atoms with Crippen LogP contribution in [0.4, 0.5) is 0 Å². The molecule has 0 aliphatic heterocycles. The van der Waals surface area contributed by atoms with E-state index in [9.17, 15) is 9.59 Å². The number of benzene rings is 2. The van der Waals surface area contributed by atoms with Crippen LogP contribution in [0.2, 0.25) is 0 Å². The van der Waals surface area contributed by atoms with Crippen molar-refractivity contribution in [2.24, 2.45) is 0 Å². The molecule has 4 aromatic rings. The average Bonchev–Trinajstić information content (AvgIpc) is 3.25. The monoisotopic (exact) mass is 430 g/mol. The summed E-state index contributed by atoms with van der Waals surface area (Å²) in [6, 6.07) is 16.0. The molecule has 0 amide bonds. The minimum absolute atomic E-state index is 0.159. The van der Waals surface area contributed by atoms with Gasteiger partial charge in [0.25, 0.3) is 5.56 Å². The van der Waals surface area contributed by atoms with Crippen molar-refractivity contribution >= 4 is 27.5 Å². The second-order valence-electron chi connectivity index (χ2n) is 7.84. The van der Waals surface area contributed by atoms with Crippen molar-refractivity contribution in [1.82, 2.24) is 9.55 Å². The molecule has 0 N–H and O–H groups in total. The van der Waals surface area contributed by atoms with Crippen molar-refractivity contribution in [1.29, 1.82) is 0 Å². The fourth-order valence-electron chi connectivity index (χ4n) is 4.12. The Bertz CT molecular complexity index is 1310. The average molecular weight is 431 g/mol. The van der Waals surface area contributed by atoms with Crippen LogP contribution in [0.1, 0.15) is 29.5 Å². The summed E-state index contributed by atoms with van der Waals surface area (Å²) in [5.74, 6) is -0.460. The number of fused-ring (bicyclic) bond motifs is 2. The summed E-state index contributed by atoms with van der Waals surface area (Å²) in [7, 11) is 0. The van der Waals surface area contributed by atoms with Crippen LogP contribution in [0.3, 0.4) is 0 Å². The molecule has 0 spiro atoms. The van der Waals surface area contributed by atoms with Crippen molar-refractivity contribution in [3.8, 4) is 11.1 Å². The van der Waals surface area contributed by atoms with Gasteiger partial charge in [0.05, 0.1) is 11.7 Å². The molecule has 5 rings (SSSR count). The van der Waals surface area contributed by atoms with Gasteiger partial charge in [-0.25, -0.2) is 4.98 Å². The lowest BCUT2D eigenvalue weighted by molar-refractivity contribution is -0.145. The van der Waals surface area contributed by atoms with E-state index in [1.165, 1.54) is 46.2 Å². The van der Waals surface area contributed by atoms with Gasteiger partial charge in [0.2, 0.25) is 0 Å². The molecule has 31 heavy (non-hydrogen) atoms. The summed E-state index contributed by atoms with van der Waals surface area (Å²) in [4.78, 5) is 30.6. The molecule has 0 bridgehead atoms. The number of thiophene rings is 1. The highest BCUT2D eigenvalue weighted by Gasteiger charge is 2.17. The van der Waals surface area contributed by atoms with Gasteiger partial charge < -0.3 is 4.74 Å². The Balaban J connectivity index is 1.42. The first kappa shape index (κ1) is 19.7. The predicted octanol–water partition coefficient (Wildman–Crippen LogP) is 4.75. The highest BCUT2D eigenvalue weighted by atomic mass is 32.1. The molecule has 0 atom stereocenters. The van der Waals surface area contributed by atoms with E-state index in [0.717, 1.165) is 29.5 Å². The molecule has 2 heterocycles. The first-order chi connectivity index (χ1) is 15.2. The molecular weight excluding hydrogens is 408 g/mol. The van der Waals surface area contributed by atoms with Gasteiger partial charge in [0, 0.05) is 10.9 Å². The van der Waals surface area contributed by atoms with Gasteiger partial charge >= 0.3 is 5.97 Å². The molecule has 5 nitrogen and oxygen atoms in total. The standard InChI is InChI=1S/C25H22N2O3S/c28-22(30-14-17-6-2-1-3-7-17)13-27-16-26-24-23(25(27)29)21(15-31-24)20-11-10-18-8-4-5-9-19(18)12-20/h1-3,6-7,10-12,15-16H,4-5,8-9,13-14H2. The third-order valence-electron chi connectivity index (χ3n) is 5.76. The summed E-state index contributed by atoms with van der Waals surface area (Å²) < 4.78 is 6.67. The van der Waals surface area contributed by atoms with Gasteiger partial charge in [0.1, 0.15) is 18.0 Å². The minimum Gasteiger partial charge on any atom is -0.459 e. The lowest BCUT2D eigenvalue weighted by Gasteiger charge is -2.16. The smallest absolute Gasteiger partial charge is 0.326 e. The van der Waals surface area contributed by atoms with Gasteiger partial charge in [-0.1, -0.05) is 48.5 Å². The third-order valence-corrected chi connectivity index (χ3v) is 6.65. The lowest BCUT2D eigenvalue weighted by atomic mass is 9.89. The zero-order valence-corrected chi connectivity index (χ0v) is 17.9. The molecule has 0 radical (unpaired) electrons. The molecule has 0 fully saturated rings. The van der Waals surface area contributed by atoms with Crippen LogP contribution in [0.15, 0.2) is 65.0 Å². The van der Waals surface area contributed by atoms with E-state index in [-0.39, 0.29) is 18.7 Å². The number of ether oxygens (including phenoxy) is 1. The maximum Gasteiger partial charge on any atom is 0.326 e. The molecule has 0 unspecified atom stereocenters. The number of rotatable bonds is 5. The van der Waals surface area contributed by atoms with Gasteiger partial charge in [-0.05, 0) is 47.9 Å². The van der Waals surface area contributed by atoms with Crippen molar-refractivity contribution in [3.63, 3.8) is 0 Å². The van der Waals surface area contributed by atoms with Crippen LogP contribution >= 0.6 is 11.3 Å². The molecule has 156 valence electrons. The molecule has 6 heteroatoms. The van der Waals surface area contributed by atoms with Gasteiger partial charge in [0.15, 0.2) is 0 Å². The van der Waals surface area contributed by atoms with E-state index in [0.29, 0.717) is 10.2 Å². The summed E-state index contributed by atoms with van der Waals surface area (Å²) in [6.45, 7) is 0.0248. The first-order valence-corrected chi connectivity index (χ1v) is 11.4. The van der Waals surface area contributed by atoms with E-state index in [4.69, 9.17) is 4.74 Å². The number of esters is 1. The van der Waals surface area contributed by atoms with E-state index in [1.807, 2.05) is 35.7 Å². The first-order valence-electron chi connectivity index (χ1n) is 10.5. The number of aromatic nitrogens is 2. The quantitative estimate of drug-likeness (QED) is 0.429. The molecule has 1 aliphatic carbocycles. The Kier molecular flexibility index (Phi) is 5.38. The Labute approximate surface area is 184 Å². The molecule has 0 saturated carbocycles. The molecule has 1 aliphatic rings. The molecular formula is C25H22N2O3S. The Morgan fingerprint density at radius 2 is 1.87 bits per heavy atom. The van der Waals surface area contributed by atoms with Crippen molar-refractivity contribution in [2.45, 2.75) is 38.8 Å². The number of carbonyl (C=O) groups excluding carboxylic acids is 1. The van der Waals surface area contributed by atoms with Crippen LogP contribution < -0.4 is 5.56 Å². The van der Waals surface area contributed by atoms with Crippen molar-refractivity contribution in [3.05, 3.63) is 87.3 Å². The second-order valence-corrected chi connectivity index (χ2v) is 8.70. The Morgan fingerprint density at radius 1 is 1.06 bits per heavy atom. The van der Waals surface area contributed by atoms with Crippen LogP contribution in [-0.4, -0.2) is 15.5 Å². The SMILES string of the molecule is O=C(Cn1cnc2scc(-c3ccc4c(c3)CCCC4)c2c1=O)OCc1ccccc1. The van der Waals surface area contributed by atoms with Gasteiger partial charge in [-0.2, -0.15) is 0 Å². The third kappa shape index (κ3) is 4.03. The maximum absolute atomic E-state index is 13.2. The number of nitrogens with zero attached hydrogens (tertiary/aromatic N) is 2. The van der Waals surface area contributed by atoms with E-state index in [2.05, 4.69) is 23.2 Å². The Hall–Kier alpha value is -3.25. The van der Waals surface area contributed by atoms with E-state index >= 15 is 0 Å². The van der Waals surface area contributed by atoms with E-state index in [1.54, 1.807) is 0 Å². The normalized spacial score (nSPS) is 13.2. The van der Waals surface area contributed by atoms with Crippen LogP contribution in [-0.2, 0) is 35.5 Å². The summed E-state index contributed by atoms with van der Waals surface area (Å²) >= 11 is 1.45. The zero-order valence-electron chi connectivity index (χ0n) is 17.0. The van der Waals surface area contributed by atoms with Crippen LogP contribution in [0, 0.1) is 0 Å². The maximum atomic E-state index is 13.2. The largest absolute Gasteiger partial charge is 0.459 e. The van der Waals surface area contributed by atoms with Crippen LogP contribution in [0.25, 0.3) is 21.3 Å². The summed E-state index contributed by atoms with van der Waals surface area (Å²) in [5.41, 5.74) is 5.40.